The topological polar surface area (TPSA) is 69.4 Å². The molecule has 0 unspecified atom stereocenters. The fourth-order valence-electron chi connectivity index (χ4n) is 3.58. The predicted octanol–water partition coefficient (Wildman–Crippen LogP) is 4.95. The monoisotopic (exact) mass is 397 g/mol. The molecule has 0 amide bonds. The van der Waals surface area contributed by atoms with Crippen LogP contribution >= 0.6 is 0 Å². The molecule has 2 aromatic carbocycles. The summed E-state index contributed by atoms with van der Waals surface area (Å²) in [6.07, 6.45) is 2.11. The highest BCUT2D eigenvalue weighted by Gasteiger charge is 2.37. The van der Waals surface area contributed by atoms with E-state index in [-0.39, 0.29) is 5.75 Å². The van der Waals surface area contributed by atoms with E-state index in [0.29, 0.717) is 29.4 Å². The predicted molar refractivity (Wildman–Crippen MR) is 115 cm³/mol. The molecule has 4 nitrogen and oxygen atoms in total. The summed E-state index contributed by atoms with van der Waals surface area (Å²) in [6.45, 7) is 6.11. The lowest BCUT2D eigenvalue weighted by atomic mass is 9.74. The van der Waals surface area contributed by atoms with Gasteiger partial charge in [-0.2, -0.15) is 0 Å². The number of ether oxygens (including phenoxy) is 1. The summed E-state index contributed by atoms with van der Waals surface area (Å²) in [7, 11) is -3.31. The van der Waals surface area contributed by atoms with E-state index in [9.17, 15) is 8.42 Å². The minimum atomic E-state index is -3.31. The van der Waals surface area contributed by atoms with Crippen LogP contribution in [0.5, 0.6) is 0 Å². The molecule has 0 saturated heterocycles. The Hall–Kier alpha value is -2.53. The van der Waals surface area contributed by atoms with Crippen molar-refractivity contribution in [2.24, 2.45) is 5.41 Å². The van der Waals surface area contributed by atoms with Gasteiger partial charge in [-0.25, -0.2) is 8.42 Å². The van der Waals surface area contributed by atoms with Gasteiger partial charge in [0.1, 0.15) is 12.4 Å². The standard InChI is InChI=1S/C23H27NO3S/c1-4-28(25,26)18-14-21(27-16-17-10-6-5-7-11-17)22(23(2,3)15-18)19-12-8-9-13-20(19)24/h5-14H,4,15-16,24H2,1-3H3. The molecule has 3 rings (SSSR count). The summed E-state index contributed by atoms with van der Waals surface area (Å²) >= 11 is 0. The molecular weight excluding hydrogens is 370 g/mol. The number of anilines is 1. The average molecular weight is 398 g/mol. The second-order valence-corrected chi connectivity index (χ2v) is 10.0. The van der Waals surface area contributed by atoms with E-state index in [0.717, 1.165) is 16.7 Å². The Labute approximate surface area is 167 Å². The third-order valence-corrected chi connectivity index (χ3v) is 6.90. The van der Waals surface area contributed by atoms with Gasteiger partial charge in [-0.15, -0.1) is 0 Å². The average Bonchev–Trinajstić information content (AvgIpc) is 2.67. The number of rotatable bonds is 6. The molecule has 2 aromatic rings. The molecule has 0 aromatic heterocycles. The van der Waals surface area contributed by atoms with Crippen molar-refractivity contribution in [3.63, 3.8) is 0 Å². The minimum Gasteiger partial charge on any atom is -0.489 e. The Morgan fingerprint density at radius 1 is 1.04 bits per heavy atom. The van der Waals surface area contributed by atoms with Crippen molar-refractivity contribution in [2.75, 3.05) is 11.5 Å². The second-order valence-electron chi connectivity index (χ2n) is 7.68. The highest BCUT2D eigenvalue weighted by atomic mass is 32.2. The lowest BCUT2D eigenvalue weighted by Crippen LogP contribution is -2.25. The molecule has 0 radical (unpaired) electrons. The second kappa shape index (κ2) is 7.84. The molecule has 5 heteroatoms. The number of para-hydroxylation sites is 1. The van der Waals surface area contributed by atoms with Crippen molar-refractivity contribution < 1.29 is 13.2 Å². The summed E-state index contributed by atoms with van der Waals surface area (Å²) in [5.41, 5.74) is 9.33. The SMILES string of the molecule is CCS(=O)(=O)C1=CC(OCc2ccccc2)=C(c2ccccc2N)C(C)(C)C1. The molecule has 0 spiro atoms. The maximum atomic E-state index is 12.6. The highest BCUT2D eigenvalue weighted by Crippen LogP contribution is 2.48. The van der Waals surface area contributed by atoms with E-state index in [1.54, 1.807) is 13.0 Å². The van der Waals surface area contributed by atoms with Gasteiger partial charge in [0, 0.05) is 21.7 Å². The lowest BCUT2D eigenvalue weighted by Gasteiger charge is -2.35. The van der Waals surface area contributed by atoms with E-state index in [1.807, 2.05) is 68.4 Å². The van der Waals surface area contributed by atoms with Crippen molar-refractivity contribution in [1.29, 1.82) is 0 Å². The van der Waals surface area contributed by atoms with Crippen LogP contribution in [0.3, 0.4) is 0 Å². The maximum absolute atomic E-state index is 12.6. The fourth-order valence-corrected chi connectivity index (χ4v) is 4.82. The third kappa shape index (κ3) is 4.14. The number of hydrogen-bond donors (Lipinski definition) is 1. The maximum Gasteiger partial charge on any atom is 0.174 e. The third-order valence-electron chi connectivity index (χ3n) is 5.08. The van der Waals surface area contributed by atoms with Crippen LogP contribution in [0, 0.1) is 5.41 Å². The smallest absolute Gasteiger partial charge is 0.174 e. The van der Waals surface area contributed by atoms with Gasteiger partial charge in [-0.3, -0.25) is 0 Å². The first kappa shape index (κ1) is 20.2. The molecule has 0 fully saturated rings. The summed E-state index contributed by atoms with van der Waals surface area (Å²) in [5.74, 6) is 0.647. The van der Waals surface area contributed by atoms with E-state index < -0.39 is 15.3 Å². The van der Waals surface area contributed by atoms with Crippen LogP contribution < -0.4 is 5.73 Å². The Bertz CT molecular complexity index is 1020. The van der Waals surface area contributed by atoms with Crippen LogP contribution in [0.4, 0.5) is 5.69 Å². The number of benzene rings is 2. The van der Waals surface area contributed by atoms with Crippen LogP contribution in [0.15, 0.2) is 71.3 Å². The Morgan fingerprint density at radius 2 is 1.68 bits per heavy atom. The molecule has 1 aliphatic rings. The number of sulfone groups is 1. The molecule has 0 aliphatic heterocycles. The molecule has 1 aliphatic carbocycles. The molecule has 2 N–H and O–H groups in total. The van der Waals surface area contributed by atoms with Crippen LogP contribution in [0.2, 0.25) is 0 Å². The molecule has 148 valence electrons. The number of allylic oxidation sites excluding steroid dienone is 3. The van der Waals surface area contributed by atoms with Gasteiger partial charge in [-0.1, -0.05) is 69.3 Å². The van der Waals surface area contributed by atoms with Crippen LogP contribution in [-0.4, -0.2) is 14.2 Å². The fraction of sp³-hybridized carbons (Fsp3) is 0.304. The van der Waals surface area contributed by atoms with E-state index in [1.165, 1.54) is 0 Å². The van der Waals surface area contributed by atoms with Crippen molar-refractivity contribution in [3.05, 3.63) is 82.5 Å². The number of nitrogen functional groups attached to an aromatic ring is 1. The zero-order valence-corrected chi connectivity index (χ0v) is 17.4. The Kier molecular flexibility index (Phi) is 5.66. The largest absolute Gasteiger partial charge is 0.489 e. The van der Waals surface area contributed by atoms with Crippen molar-refractivity contribution in [3.8, 4) is 0 Å². The molecule has 0 bridgehead atoms. The van der Waals surface area contributed by atoms with Gasteiger partial charge in [0.05, 0.1) is 5.75 Å². The Balaban J connectivity index is 2.14. The van der Waals surface area contributed by atoms with E-state index >= 15 is 0 Å². The van der Waals surface area contributed by atoms with Crippen LogP contribution in [0.1, 0.15) is 38.3 Å². The van der Waals surface area contributed by atoms with Gasteiger partial charge in [0.2, 0.25) is 0 Å². The first-order valence-corrected chi connectivity index (χ1v) is 11.1. The first-order chi connectivity index (χ1) is 13.2. The van der Waals surface area contributed by atoms with E-state index in [2.05, 4.69) is 0 Å². The van der Waals surface area contributed by atoms with Gasteiger partial charge < -0.3 is 10.5 Å². The number of hydrogen-bond acceptors (Lipinski definition) is 4. The van der Waals surface area contributed by atoms with Crippen molar-refractivity contribution in [1.82, 2.24) is 0 Å². The zero-order valence-electron chi connectivity index (χ0n) is 16.6. The summed E-state index contributed by atoms with van der Waals surface area (Å²) in [5, 5.41) is 0. The molecular formula is C23H27NO3S. The minimum absolute atomic E-state index is 0.0731. The molecule has 0 heterocycles. The Morgan fingerprint density at radius 3 is 2.32 bits per heavy atom. The quantitative estimate of drug-likeness (QED) is 0.701. The van der Waals surface area contributed by atoms with E-state index in [4.69, 9.17) is 10.5 Å². The number of nitrogens with two attached hydrogens (primary N) is 1. The lowest BCUT2D eigenvalue weighted by molar-refractivity contribution is 0.206. The highest BCUT2D eigenvalue weighted by molar-refractivity contribution is 7.95. The summed E-state index contributed by atoms with van der Waals surface area (Å²) in [4.78, 5) is 0.418. The van der Waals surface area contributed by atoms with Crippen LogP contribution in [0.25, 0.3) is 5.57 Å². The summed E-state index contributed by atoms with van der Waals surface area (Å²) < 4.78 is 31.4. The molecule has 0 atom stereocenters. The normalized spacial score (nSPS) is 16.6. The van der Waals surface area contributed by atoms with Gasteiger partial charge in [0.15, 0.2) is 9.84 Å². The van der Waals surface area contributed by atoms with Gasteiger partial charge >= 0.3 is 0 Å². The zero-order chi connectivity index (χ0) is 20.4. The van der Waals surface area contributed by atoms with Crippen LogP contribution in [-0.2, 0) is 21.2 Å². The first-order valence-electron chi connectivity index (χ1n) is 9.44. The van der Waals surface area contributed by atoms with Gasteiger partial charge in [0.25, 0.3) is 0 Å². The van der Waals surface area contributed by atoms with Gasteiger partial charge in [-0.05, 0) is 29.5 Å². The van der Waals surface area contributed by atoms with Crippen molar-refractivity contribution >= 4 is 21.1 Å². The molecule has 0 saturated carbocycles. The van der Waals surface area contributed by atoms with Crippen molar-refractivity contribution in [2.45, 2.75) is 33.8 Å². The summed E-state index contributed by atoms with van der Waals surface area (Å²) in [6, 6.07) is 17.5. The molecule has 28 heavy (non-hydrogen) atoms.